The van der Waals surface area contributed by atoms with Crippen LogP contribution in [0, 0.1) is 5.92 Å². The summed E-state index contributed by atoms with van der Waals surface area (Å²) < 4.78 is 5.57. The van der Waals surface area contributed by atoms with Gasteiger partial charge in [0.1, 0.15) is 0 Å². The van der Waals surface area contributed by atoms with E-state index < -0.39 is 6.29 Å². The summed E-state index contributed by atoms with van der Waals surface area (Å²) in [5.41, 5.74) is 1.19. The van der Waals surface area contributed by atoms with Crippen molar-refractivity contribution in [2.45, 2.75) is 38.6 Å². The molecular weight excluding hydrogens is 188 g/mol. The molecule has 82 valence electrons. The second-order valence-corrected chi connectivity index (χ2v) is 4.21. The zero-order valence-electron chi connectivity index (χ0n) is 9.10. The summed E-state index contributed by atoms with van der Waals surface area (Å²) in [6.07, 6.45) is 2.54. The number of hydrogen-bond donors (Lipinski definition) is 1. The van der Waals surface area contributed by atoms with E-state index in [0.717, 1.165) is 19.3 Å². The van der Waals surface area contributed by atoms with E-state index in [4.69, 9.17) is 4.74 Å². The number of aliphatic hydroxyl groups excluding tert-OH is 1. The summed E-state index contributed by atoms with van der Waals surface area (Å²) in [5.74, 6) is 0.465. The Labute approximate surface area is 90.9 Å². The first-order valence-electron chi connectivity index (χ1n) is 5.69. The predicted octanol–water partition coefficient (Wildman–Crippen LogP) is 2.88. The Hall–Kier alpha value is -0.860. The number of aliphatic hydroxyl groups is 1. The summed E-state index contributed by atoms with van der Waals surface area (Å²) in [6.45, 7) is 2.17. The fraction of sp³-hybridized carbons (Fsp3) is 0.538. The molecule has 15 heavy (non-hydrogen) atoms. The van der Waals surface area contributed by atoms with E-state index in [0.29, 0.717) is 5.92 Å². The van der Waals surface area contributed by atoms with Crippen molar-refractivity contribution in [3.63, 3.8) is 0 Å². The van der Waals surface area contributed by atoms with Crippen molar-refractivity contribution in [2.75, 3.05) is 0 Å². The maximum atomic E-state index is 9.54. The monoisotopic (exact) mass is 206 g/mol. The topological polar surface area (TPSA) is 29.5 Å². The molecule has 1 fully saturated rings. The molecule has 1 saturated heterocycles. The molecule has 0 aromatic heterocycles. The van der Waals surface area contributed by atoms with Crippen LogP contribution in [0.15, 0.2) is 30.3 Å². The van der Waals surface area contributed by atoms with Gasteiger partial charge in [-0.2, -0.15) is 0 Å². The van der Waals surface area contributed by atoms with Crippen molar-refractivity contribution in [1.29, 1.82) is 0 Å². The third-order valence-corrected chi connectivity index (χ3v) is 3.02. The lowest BCUT2D eigenvalue weighted by Crippen LogP contribution is -2.07. The van der Waals surface area contributed by atoms with Crippen LogP contribution in [-0.2, 0) is 4.74 Å². The van der Waals surface area contributed by atoms with E-state index in [-0.39, 0.29) is 6.10 Å². The van der Waals surface area contributed by atoms with Crippen molar-refractivity contribution in [3.05, 3.63) is 35.9 Å². The molecule has 1 aliphatic heterocycles. The van der Waals surface area contributed by atoms with Crippen molar-refractivity contribution >= 4 is 0 Å². The Morgan fingerprint density at radius 1 is 1.33 bits per heavy atom. The van der Waals surface area contributed by atoms with Crippen LogP contribution >= 0.6 is 0 Å². The maximum absolute atomic E-state index is 9.54. The van der Waals surface area contributed by atoms with Crippen LogP contribution in [-0.4, -0.2) is 11.4 Å². The Bertz CT molecular complexity index is 297. The Morgan fingerprint density at radius 3 is 2.73 bits per heavy atom. The van der Waals surface area contributed by atoms with Gasteiger partial charge in [0.2, 0.25) is 0 Å². The van der Waals surface area contributed by atoms with Gasteiger partial charge in [-0.3, -0.25) is 0 Å². The van der Waals surface area contributed by atoms with Crippen molar-refractivity contribution < 1.29 is 9.84 Å². The predicted molar refractivity (Wildman–Crippen MR) is 59.3 cm³/mol. The molecule has 0 amide bonds. The van der Waals surface area contributed by atoms with Crippen molar-refractivity contribution in [3.8, 4) is 0 Å². The van der Waals surface area contributed by atoms with Crippen LogP contribution in [0.25, 0.3) is 0 Å². The van der Waals surface area contributed by atoms with Gasteiger partial charge in [-0.1, -0.05) is 43.7 Å². The average molecular weight is 206 g/mol. The van der Waals surface area contributed by atoms with Crippen LogP contribution in [0.3, 0.4) is 0 Å². The van der Waals surface area contributed by atoms with Crippen LogP contribution in [0.5, 0.6) is 0 Å². The molecule has 2 nitrogen and oxygen atoms in total. The first-order chi connectivity index (χ1) is 7.31. The summed E-state index contributed by atoms with van der Waals surface area (Å²) in [4.78, 5) is 0. The highest BCUT2D eigenvalue weighted by Crippen LogP contribution is 2.39. The van der Waals surface area contributed by atoms with Gasteiger partial charge >= 0.3 is 0 Å². The minimum Gasteiger partial charge on any atom is -0.368 e. The lowest BCUT2D eigenvalue weighted by atomic mass is 9.91. The highest BCUT2D eigenvalue weighted by Gasteiger charge is 2.34. The van der Waals surface area contributed by atoms with Gasteiger partial charge in [0.15, 0.2) is 6.29 Å². The molecule has 1 N–H and O–H groups in total. The standard InChI is InChI=1S/C13H18O2/c1-2-6-11-9-12(14)15-13(11)10-7-4-3-5-8-10/h3-5,7-8,11-14H,2,6,9H2,1H3/t11-,12+,13?/m1/s1. The molecule has 1 aliphatic rings. The van der Waals surface area contributed by atoms with Gasteiger partial charge in [-0.05, 0) is 17.9 Å². The van der Waals surface area contributed by atoms with Gasteiger partial charge in [-0.15, -0.1) is 0 Å². The van der Waals surface area contributed by atoms with Gasteiger partial charge in [0.25, 0.3) is 0 Å². The van der Waals surface area contributed by atoms with E-state index in [2.05, 4.69) is 19.1 Å². The Morgan fingerprint density at radius 2 is 2.07 bits per heavy atom. The van der Waals surface area contributed by atoms with E-state index >= 15 is 0 Å². The molecule has 1 heterocycles. The second kappa shape index (κ2) is 4.77. The van der Waals surface area contributed by atoms with Crippen LogP contribution in [0.1, 0.15) is 37.9 Å². The number of ether oxygens (including phenoxy) is 1. The zero-order valence-corrected chi connectivity index (χ0v) is 9.10. The van der Waals surface area contributed by atoms with Crippen LogP contribution in [0.4, 0.5) is 0 Å². The fourth-order valence-corrected chi connectivity index (χ4v) is 2.35. The number of rotatable bonds is 3. The molecule has 3 atom stereocenters. The summed E-state index contributed by atoms with van der Waals surface area (Å²) in [7, 11) is 0. The molecule has 0 saturated carbocycles. The molecule has 1 aromatic carbocycles. The van der Waals surface area contributed by atoms with Crippen LogP contribution in [0.2, 0.25) is 0 Å². The summed E-state index contributed by atoms with van der Waals surface area (Å²) in [6, 6.07) is 10.2. The lowest BCUT2D eigenvalue weighted by molar-refractivity contribution is -0.0936. The van der Waals surface area contributed by atoms with Gasteiger partial charge in [0.05, 0.1) is 6.10 Å². The minimum atomic E-state index is -0.577. The maximum Gasteiger partial charge on any atom is 0.155 e. The number of hydrogen-bond acceptors (Lipinski definition) is 2. The normalized spacial score (nSPS) is 30.7. The molecule has 0 bridgehead atoms. The molecular formula is C13H18O2. The van der Waals surface area contributed by atoms with E-state index in [1.165, 1.54) is 5.56 Å². The average Bonchev–Trinajstić information content (AvgIpc) is 2.62. The molecule has 0 spiro atoms. The fourth-order valence-electron chi connectivity index (χ4n) is 2.35. The smallest absolute Gasteiger partial charge is 0.155 e. The van der Waals surface area contributed by atoms with Gasteiger partial charge in [0, 0.05) is 6.42 Å². The Kier molecular flexibility index (Phi) is 3.39. The minimum absolute atomic E-state index is 0.0844. The SMILES string of the molecule is CCC[C@@H]1C[C@@H](O)OC1c1ccccc1. The van der Waals surface area contributed by atoms with Gasteiger partial charge < -0.3 is 9.84 Å². The molecule has 0 aliphatic carbocycles. The first kappa shape index (κ1) is 10.7. The zero-order chi connectivity index (χ0) is 10.7. The van der Waals surface area contributed by atoms with Crippen molar-refractivity contribution in [1.82, 2.24) is 0 Å². The van der Waals surface area contributed by atoms with E-state index in [9.17, 15) is 5.11 Å². The third-order valence-electron chi connectivity index (χ3n) is 3.02. The quantitative estimate of drug-likeness (QED) is 0.824. The molecule has 1 aromatic rings. The highest BCUT2D eigenvalue weighted by atomic mass is 16.6. The third kappa shape index (κ3) is 2.39. The lowest BCUT2D eigenvalue weighted by Gasteiger charge is -2.17. The largest absolute Gasteiger partial charge is 0.368 e. The highest BCUT2D eigenvalue weighted by molar-refractivity contribution is 5.19. The molecule has 1 unspecified atom stereocenters. The summed E-state index contributed by atoms with van der Waals surface area (Å²) in [5, 5.41) is 9.54. The van der Waals surface area contributed by atoms with E-state index in [1.54, 1.807) is 0 Å². The van der Waals surface area contributed by atoms with Crippen molar-refractivity contribution in [2.24, 2.45) is 5.92 Å². The molecule has 2 rings (SSSR count). The molecule has 0 radical (unpaired) electrons. The van der Waals surface area contributed by atoms with Gasteiger partial charge in [-0.25, -0.2) is 0 Å². The Balaban J connectivity index is 2.13. The second-order valence-electron chi connectivity index (χ2n) is 4.21. The van der Waals surface area contributed by atoms with E-state index in [1.807, 2.05) is 18.2 Å². The number of benzene rings is 1. The van der Waals surface area contributed by atoms with Crippen LogP contribution < -0.4 is 0 Å². The molecule has 2 heteroatoms. The first-order valence-corrected chi connectivity index (χ1v) is 5.69. The summed E-state index contributed by atoms with van der Waals surface area (Å²) >= 11 is 0.